The molecule has 2 saturated carbocycles. The molecule has 0 saturated heterocycles. The van der Waals surface area contributed by atoms with E-state index in [1.807, 2.05) is 16.8 Å². The van der Waals surface area contributed by atoms with Gasteiger partial charge in [-0.2, -0.15) is 0 Å². The SMILES string of the molecule is C[Si](C)(C)CCOCn1ccc2nc(NC(=O)NC3CCCC4(CC4)C3)cnc21. The topological polar surface area (TPSA) is 81.1 Å². The van der Waals surface area contributed by atoms with E-state index in [2.05, 4.69) is 40.2 Å². The number of anilines is 1. The van der Waals surface area contributed by atoms with Crippen molar-refractivity contribution in [1.82, 2.24) is 19.9 Å². The maximum Gasteiger partial charge on any atom is 0.320 e. The van der Waals surface area contributed by atoms with Crippen LogP contribution in [0.3, 0.4) is 0 Å². The molecule has 2 aromatic heterocycles. The number of amides is 2. The summed E-state index contributed by atoms with van der Waals surface area (Å²) in [6.45, 7) is 8.27. The molecule has 1 spiro atoms. The lowest BCUT2D eigenvalue weighted by molar-refractivity contribution is 0.0899. The fourth-order valence-electron chi connectivity index (χ4n) is 4.21. The molecule has 0 bridgehead atoms. The molecule has 4 rings (SSSR count). The molecule has 2 N–H and O–H groups in total. The molecule has 7 nitrogen and oxygen atoms in total. The number of carbonyl (C=O) groups is 1. The van der Waals surface area contributed by atoms with Crippen LogP contribution in [0, 0.1) is 5.41 Å². The van der Waals surface area contributed by atoms with Crippen LogP contribution in [0.2, 0.25) is 25.7 Å². The minimum atomic E-state index is -1.09. The number of rotatable bonds is 7. The molecule has 2 heterocycles. The van der Waals surface area contributed by atoms with Crippen LogP contribution in [-0.4, -0.2) is 41.3 Å². The molecule has 1 atom stereocenters. The largest absolute Gasteiger partial charge is 0.361 e. The van der Waals surface area contributed by atoms with Gasteiger partial charge >= 0.3 is 6.03 Å². The van der Waals surface area contributed by atoms with E-state index in [-0.39, 0.29) is 12.1 Å². The Morgan fingerprint density at radius 1 is 1.34 bits per heavy atom. The number of urea groups is 1. The predicted octanol–water partition coefficient (Wildman–Crippen LogP) is 4.59. The van der Waals surface area contributed by atoms with Crippen molar-refractivity contribution in [3.8, 4) is 0 Å². The van der Waals surface area contributed by atoms with Crippen molar-refractivity contribution >= 4 is 31.1 Å². The van der Waals surface area contributed by atoms with E-state index < -0.39 is 8.07 Å². The molecule has 29 heavy (non-hydrogen) atoms. The van der Waals surface area contributed by atoms with E-state index >= 15 is 0 Å². The van der Waals surface area contributed by atoms with Gasteiger partial charge in [-0.25, -0.2) is 14.8 Å². The Balaban J connectivity index is 1.30. The monoisotopic (exact) mass is 415 g/mol. The Kier molecular flexibility index (Phi) is 5.66. The Morgan fingerprint density at radius 2 is 2.17 bits per heavy atom. The van der Waals surface area contributed by atoms with Crippen molar-refractivity contribution < 1.29 is 9.53 Å². The van der Waals surface area contributed by atoms with Crippen LogP contribution in [0.15, 0.2) is 18.5 Å². The molecule has 2 aromatic rings. The fourth-order valence-corrected chi connectivity index (χ4v) is 4.97. The summed E-state index contributed by atoms with van der Waals surface area (Å²) in [4.78, 5) is 21.4. The van der Waals surface area contributed by atoms with Crippen LogP contribution >= 0.6 is 0 Å². The van der Waals surface area contributed by atoms with Gasteiger partial charge in [0.05, 0.1) is 6.20 Å². The number of aromatic nitrogens is 3. The molecule has 2 aliphatic carbocycles. The number of nitrogens with zero attached hydrogens (tertiary/aromatic N) is 3. The fraction of sp³-hybridized carbons (Fsp3) is 0.667. The number of fused-ring (bicyclic) bond motifs is 1. The van der Waals surface area contributed by atoms with Crippen molar-refractivity contribution in [3.63, 3.8) is 0 Å². The van der Waals surface area contributed by atoms with Gasteiger partial charge in [-0.3, -0.25) is 5.32 Å². The Morgan fingerprint density at radius 3 is 2.93 bits per heavy atom. The first kappa shape index (κ1) is 20.3. The van der Waals surface area contributed by atoms with Crippen LogP contribution in [-0.2, 0) is 11.5 Å². The highest BCUT2D eigenvalue weighted by Gasteiger charge is 2.45. The van der Waals surface area contributed by atoms with E-state index in [0.29, 0.717) is 18.0 Å². The van der Waals surface area contributed by atoms with Crippen molar-refractivity contribution in [1.29, 1.82) is 0 Å². The molecule has 2 amide bonds. The van der Waals surface area contributed by atoms with Crippen molar-refractivity contribution in [2.45, 2.75) is 77.0 Å². The average molecular weight is 416 g/mol. The summed E-state index contributed by atoms with van der Waals surface area (Å²) in [5.74, 6) is 0.476. The molecule has 8 heteroatoms. The smallest absolute Gasteiger partial charge is 0.320 e. The van der Waals surface area contributed by atoms with Crippen LogP contribution in [0.25, 0.3) is 11.2 Å². The zero-order valence-electron chi connectivity index (χ0n) is 17.8. The third-order valence-corrected chi connectivity index (χ3v) is 7.87. The minimum absolute atomic E-state index is 0.185. The van der Waals surface area contributed by atoms with Gasteiger partial charge in [-0.05, 0) is 49.6 Å². The van der Waals surface area contributed by atoms with Gasteiger partial charge < -0.3 is 14.6 Å². The zero-order valence-corrected chi connectivity index (χ0v) is 18.8. The second-order valence-electron chi connectivity index (χ2n) is 9.99. The number of carbonyl (C=O) groups excluding carboxylic acids is 1. The predicted molar refractivity (Wildman–Crippen MR) is 118 cm³/mol. The van der Waals surface area contributed by atoms with E-state index in [9.17, 15) is 4.79 Å². The lowest BCUT2D eigenvalue weighted by atomic mass is 9.83. The quantitative estimate of drug-likeness (QED) is 0.512. The van der Waals surface area contributed by atoms with E-state index in [1.54, 1.807) is 6.20 Å². The van der Waals surface area contributed by atoms with Crippen LogP contribution in [0.1, 0.15) is 38.5 Å². The molecule has 1 unspecified atom stereocenters. The second-order valence-corrected chi connectivity index (χ2v) is 15.6. The summed E-state index contributed by atoms with van der Waals surface area (Å²) in [7, 11) is -1.09. The molecular formula is C21H33N5O2Si. The Labute approximate surface area is 173 Å². The molecule has 0 aliphatic heterocycles. The van der Waals surface area contributed by atoms with Gasteiger partial charge in [0.2, 0.25) is 0 Å². The Bertz CT molecular complexity index is 872. The molecule has 0 aromatic carbocycles. The molecule has 158 valence electrons. The molecule has 0 radical (unpaired) electrons. The maximum absolute atomic E-state index is 12.4. The lowest BCUT2D eigenvalue weighted by Gasteiger charge is -2.29. The summed E-state index contributed by atoms with van der Waals surface area (Å²) < 4.78 is 7.77. The number of hydrogen-bond donors (Lipinski definition) is 2. The molecular weight excluding hydrogens is 382 g/mol. The van der Waals surface area contributed by atoms with Crippen molar-refractivity contribution in [2.24, 2.45) is 5.41 Å². The number of ether oxygens (including phenoxy) is 1. The molecule has 2 aliphatic rings. The number of nitrogens with one attached hydrogen (secondary N) is 2. The summed E-state index contributed by atoms with van der Waals surface area (Å²) in [5, 5.41) is 5.97. The van der Waals surface area contributed by atoms with Gasteiger partial charge in [0.1, 0.15) is 12.2 Å². The average Bonchev–Trinajstić information content (AvgIpc) is 3.25. The van der Waals surface area contributed by atoms with Crippen LogP contribution < -0.4 is 10.6 Å². The van der Waals surface area contributed by atoms with Gasteiger partial charge in [0.25, 0.3) is 0 Å². The normalized spacial score (nSPS) is 20.7. The Hall–Kier alpha value is -1.93. The number of hydrogen-bond acceptors (Lipinski definition) is 4. The minimum Gasteiger partial charge on any atom is -0.361 e. The summed E-state index contributed by atoms with van der Waals surface area (Å²) in [5.41, 5.74) is 2.06. The second kappa shape index (κ2) is 8.06. The van der Waals surface area contributed by atoms with Gasteiger partial charge in [0.15, 0.2) is 11.5 Å². The van der Waals surface area contributed by atoms with E-state index in [4.69, 9.17) is 4.74 Å². The van der Waals surface area contributed by atoms with Crippen molar-refractivity contribution in [3.05, 3.63) is 18.5 Å². The van der Waals surface area contributed by atoms with Gasteiger partial charge in [-0.1, -0.05) is 26.1 Å². The zero-order chi connectivity index (χ0) is 20.5. The maximum atomic E-state index is 12.4. The first-order chi connectivity index (χ1) is 13.8. The summed E-state index contributed by atoms with van der Waals surface area (Å²) in [6, 6.07) is 3.14. The standard InChI is InChI=1S/C21H33N5O2Si/c1-29(2,3)12-11-28-15-26-10-6-17-19(26)22-14-18(24-17)25-20(27)23-16-5-4-7-21(13-16)8-9-21/h6,10,14,16H,4-5,7-9,11-13,15H2,1-3H3,(H2,23,24,25,27). The summed E-state index contributed by atoms with van der Waals surface area (Å²) >= 11 is 0. The van der Waals surface area contributed by atoms with Gasteiger partial charge in [0, 0.05) is 26.9 Å². The highest BCUT2D eigenvalue weighted by molar-refractivity contribution is 6.76. The van der Waals surface area contributed by atoms with Gasteiger partial charge in [-0.15, -0.1) is 0 Å². The first-order valence-corrected chi connectivity index (χ1v) is 14.5. The van der Waals surface area contributed by atoms with Crippen LogP contribution in [0.5, 0.6) is 0 Å². The lowest BCUT2D eigenvalue weighted by Crippen LogP contribution is -2.41. The third kappa shape index (κ3) is 5.36. The highest BCUT2D eigenvalue weighted by atomic mass is 28.3. The van der Waals surface area contributed by atoms with E-state index in [0.717, 1.165) is 36.7 Å². The third-order valence-electron chi connectivity index (χ3n) is 6.16. The molecule has 2 fully saturated rings. The highest BCUT2D eigenvalue weighted by Crippen LogP contribution is 2.56. The van der Waals surface area contributed by atoms with Crippen molar-refractivity contribution in [2.75, 3.05) is 11.9 Å². The summed E-state index contributed by atoms with van der Waals surface area (Å²) in [6.07, 6.45) is 10.9. The van der Waals surface area contributed by atoms with Crippen LogP contribution in [0.4, 0.5) is 10.6 Å². The first-order valence-electron chi connectivity index (χ1n) is 10.8. The van der Waals surface area contributed by atoms with E-state index in [1.165, 1.54) is 25.7 Å².